The van der Waals surface area contributed by atoms with Gasteiger partial charge in [-0.1, -0.05) is 6.07 Å². The van der Waals surface area contributed by atoms with Crippen LogP contribution in [0.2, 0.25) is 0 Å². The lowest BCUT2D eigenvalue weighted by molar-refractivity contribution is 0.0974. The van der Waals surface area contributed by atoms with Crippen molar-refractivity contribution in [3.05, 3.63) is 54.0 Å². The van der Waals surface area contributed by atoms with Crippen LogP contribution in [0.3, 0.4) is 0 Å². The number of halogens is 2. The lowest BCUT2D eigenvalue weighted by Gasteiger charge is -2.05. The first-order chi connectivity index (χ1) is 8.08. The van der Waals surface area contributed by atoms with Crippen molar-refractivity contribution in [2.24, 2.45) is 0 Å². The summed E-state index contributed by atoms with van der Waals surface area (Å²) in [5.74, 6) is -0.0629. The Morgan fingerprint density at radius 2 is 2.18 bits per heavy atom. The Hall–Kier alpha value is -0.720. The smallest absolute Gasteiger partial charge is 0.265 e. The molecule has 2 aromatic heterocycles. The van der Waals surface area contributed by atoms with Gasteiger partial charge in [-0.2, -0.15) is 0 Å². The van der Waals surface area contributed by atoms with E-state index < -0.39 is 0 Å². The number of ketones is 1. The zero-order valence-corrected chi connectivity index (χ0v) is 12.5. The van der Waals surface area contributed by atoms with E-state index in [1.54, 1.807) is 18.3 Å². The summed E-state index contributed by atoms with van der Waals surface area (Å²) in [6.45, 7) is 0.0530. The van der Waals surface area contributed by atoms with Gasteiger partial charge in [0.05, 0.1) is 15.9 Å². The second-order valence-corrected chi connectivity index (χ2v) is 6.06. The van der Waals surface area contributed by atoms with Crippen LogP contribution in [-0.4, -0.2) is 10.4 Å². The minimum atomic E-state index is -0.210. The molecule has 0 aliphatic carbocycles. The van der Waals surface area contributed by atoms with Crippen molar-refractivity contribution >= 4 is 49.0 Å². The van der Waals surface area contributed by atoms with Crippen molar-refractivity contribution < 1.29 is 4.79 Å². The number of carbonyl (C=O) groups excluding carboxylic acids is 1. The lowest BCUT2D eigenvalue weighted by atomic mass is 10.3. The molecule has 0 saturated heterocycles. The molecule has 0 aromatic carbocycles. The van der Waals surface area contributed by atoms with Crippen LogP contribution in [0.5, 0.6) is 0 Å². The highest BCUT2D eigenvalue weighted by atomic mass is 79.9. The normalized spacial score (nSPS) is 10.5. The monoisotopic (exact) mass is 375 g/mol. The van der Waals surface area contributed by atoms with Gasteiger partial charge in [0.1, 0.15) is 0 Å². The van der Waals surface area contributed by atoms with Gasteiger partial charge in [0.2, 0.25) is 0 Å². The summed E-state index contributed by atoms with van der Waals surface area (Å²) in [5, 5.41) is 1.84. The molecule has 88 valence electrons. The van der Waals surface area contributed by atoms with Gasteiger partial charge in [-0.25, -0.2) is 0 Å². The molecule has 0 spiro atoms. The third kappa shape index (κ3) is 2.94. The molecule has 0 aliphatic heterocycles. The summed E-state index contributed by atoms with van der Waals surface area (Å²) in [6.07, 6.45) is 1.61. The fourth-order valence-corrected chi connectivity index (χ4v) is 3.27. The first kappa shape index (κ1) is 12.7. The van der Waals surface area contributed by atoms with Crippen molar-refractivity contribution in [1.29, 1.82) is 0 Å². The maximum atomic E-state index is 11.9. The largest absolute Gasteiger partial charge is 0.306 e. The zero-order valence-electron chi connectivity index (χ0n) is 8.52. The molecule has 0 bridgehead atoms. The van der Waals surface area contributed by atoms with E-state index in [0.717, 1.165) is 4.47 Å². The number of Topliss-reactive ketones (excluding diaryl/α,β-unsaturated/α-hetero) is 1. The molecule has 3 nitrogen and oxygen atoms in total. The van der Waals surface area contributed by atoms with Crippen molar-refractivity contribution in [2.75, 3.05) is 0 Å². The maximum absolute atomic E-state index is 11.9. The minimum absolute atomic E-state index is 0.0530. The second-order valence-electron chi connectivity index (χ2n) is 3.34. The Morgan fingerprint density at radius 3 is 2.82 bits per heavy atom. The molecule has 0 aliphatic rings. The summed E-state index contributed by atoms with van der Waals surface area (Å²) in [5.41, 5.74) is -0.210. The van der Waals surface area contributed by atoms with Crippen molar-refractivity contribution in [1.82, 2.24) is 4.57 Å². The van der Waals surface area contributed by atoms with Crippen molar-refractivity contribution in [3.63, 3.8) is 0 Å². The molecule has 2 aromatic rings. The maximum Gasteiger partial charge on any atom is 0.265 e. The summed E-state index contributed by atoms with van der Waals surface area (Å²) >= 11 is 7.83. The van der Waals surface area contributed by atoms with Crippen molar-refractivity contribution in [2.45, 2.75) is 6.54 Å². The van der Waals surface area contributed by atoms with Crippen LogP contribution in [0, 0.1) is 0 Å². The third-order valence-electron chi connectivity index (χ3n) is 2.12. The van der Waals surface area contributed by atoms with Crippen LogP contribution in [0.25, 0.3) is 0 Å². The number of hydrogen-bond acceptors (Lipinski definition) is 3. The number of aromatic nitrogens is 1. The number of pyridine rings is 1. The van der Waals surface area contributed by atoms with Gasteiger partial charge in [0.15, 0.2) is 5.78 Å². The standard InChI is InChI=1S/C11H7Br2NO2S/c12-7-4-8(13)11(16)14(5-7)6-9(15)10-2-1-3-17-10/h1-5H,6H2. The van der Waals surface area contributed by atoms with Gasteiger partial charge in [0.25, 0.3) is 5.56 Å². The third-order valence-corrected chi connectivity index (χ3v) is 4.03. The van der Waals surface area contributed by atoms with Gasteiger partial charge in [-0.3, -0.25) is 9.59 Å². The first-order valence-electron chi connectivity index (χ1n) is 4.70. The van der Waals surface area contributed by atoms with Crippen molar-refractivity contribution in [3.8, 4) is 0 Å². The molecule has 0 unspecified atom stereocenters. The highest BCUT2D eigenvalue weighted by Gasteiger charge is 2.10. The Morgan fingerprint density at radius 1 is 1.41 bits per heavy atom. The molecule has 0 amide bonds. The van der Waals surface area contributed by atoms with Gasteiger partial charge < -0.3 is 4.57 Å². The average Bonchev–Trinajstić information content (AvgIpc) is 2.78. The van der Waals surface area contributed by atoms with E-state index >= 15 is 0 Å². The second kappa shape index (κ2) is 5.29. The predicted molar refractivity (Wildman–Crippen MR) is 74.8 cm³/mol. The average molecular weight is 377 g/mol. The Labute approximate surface area is 118 Å². The quantitative estimate of drug-likeness (QED) is 0.771. The Kier molecular flexibility index (Phi) is 3.96. The molecule has 0 N–H and O–H groups in total. The van der Waals surface area contributed by atoms with E-state index in [9.17, 15) is 9.59 Å². The highest BCUT2D eigenvalue weighted by Crippen LogP contribution is 2.14. The SMILES string of the molecule is O=C(Cn1cc(Br)cc(Br)c1=O)c1cccs1. The number of thiophene rings is 1. The summed E-state index contributed by atoms with van der Waals surface area (Å²) in [4.78, 5) is 24.3. The molecule has 0 fully saturated rings. The number of hydrogen-bond donors (Lipinski definition) is 0. The van der Waals surface area contributed by atoms with Crippen LogP contribution >= 0.6 is 43.2 Å². The molecular formula is C11H7Br2NO2S. The van der Waals surface area contributed by atoms with Gasteiger partial charge in [-0.15, -0.1) is 11.3 Å². The van der Waals surface area contributed by atoms with Gasteiger partial charge in [-0.05, 0) is 49.4 Å². The van der Waals surface area contributed by atoms with E-state index in [-0.39, 0.29) is 17.9 Å². The van der Waals surface area contributed by atoms with E-state index in [0.29, 0.717) is 9.35 Å². The van der Waals surface area contributed by atoms with E-state index in [1.807, 2.05) is 11.4 Å². The summed E-state index contributed by atoms with van der Waals surface area (Å²) < 4.78 is 2.57. The molecular weight excluding hydrogens is 370 g/mol. The highest BCUT2D eigenvalue weighted by molar-refractivity contribution is 9.11. The number of rotatable bonds is 3. The van der Waals surface area contributed by atoms with Crippen LogP contribution in [-0.2, 0) is 6.54 Å². The lowest BCUT2D eigenvalue weighted by Crippen LogP contribution is -2.24. The molecule has 0 atom stereocenters. The minimum Gasteiger partial charge on any atom is -0.306 e. The predicted octanol–water partition coefficient (Wildman–Crippen LogP) is 3.32. The fourth-order valence-electron chi connectivity index (χ4n) is 1.35. The molecule has 0 radical (unpaired) electrons. The molecule has 2 rings (SSSR count). The molecule has 6 heteroatoms. The van der Waals surface area contributed by atoms with Crippen LogP contribution in [0.4, 0.5) is 0 Å². The van der Waals surface area contributed by atoms with Crippen LogP contribution in [0.15, 0.2) is 43.5 Å². The Bertz CT molecular complexity index is 604. The topological polar surface area (TPSA) is 39.1 Å². The zero-order chi connectivity index (χ0) is 12.4. The summed E-state index contributed by atoms with van der Waals surface area (Å²) in [7, 11) is 0. The Balaban J connectivity index is 2.31. The van der Waals surface area contributed by atoms with E-state index in [4.69, 9.17) is 0 Å². The number of nitrogens with zero attached hydrogens (tertiary/aromatic N) is 1. The first-order valence-corrected chi connectivity index (χ1v) is 7.16. The van der Waals surface area contributed by atoms with E-state index in [1.165, 1.54) is 15.9 Å². The van der Waals surface area contributed by atoms with E-state index in [2.05, 4.69) is 31.9 Å². The molecule has 2 heterocycles. The molecule has 0 saturated carbocycles. The number of carbonyl (C=O) groups is 1. The van der Waals surface area contributed by atoms with Crippen LogP contribution in [0.1, 0.15) is 9.67 Å². The summed E-state index contributed by atoms with van der Waals surface area (Å²) in [6, 6.07) is 5.23. The van der Waals surface area contributed by atoms with Gasteiger partial charge >= 0.3 is 0 Å². The van der Waals surface area contributed by atoms with Gasteiger partial charge in [0, 0.05) is 10.7 Å². The fraction of sp³-hybridized carbons (Fsp3) is 0.0909. The van der Waals surface area contributed by atoms with Crippen LogP contribution < -0.4 is 5.56 Å². The molecule has 17 heavy (non-hydrogen) atoms.